The second-order valence-electron chi connectivity index (χ2n) is 4.84. The van der Waals surface area contributed by atoms with E-state index in [2.05, 4.69) is 31.5 Å². The summed E-state index contributed by atoms with van der Waals surface area (Å²) < 4.78 is 0. The Morgan fingerprint density at radius 2 is 2.22 bits per heavy atom. The van der Waals surface area contributed by atoms with E-state index in [1.54, 1.807) is 0 Å². The Kier molecular flexibility index (Phi) is 4.30. The number of hydrogen-bond donors (Lipinski definition) is 1. The van der Waals surface area contributed by atoms with Crippen molar-refractivity contribution in [2.75, 3.05) is 26.7 Å². The van der Waals surface area contributed by atoms with Gasteiger partial charge in [-0.2, -0.15) is 0 Å². The van der Waals surface area contributed by atoms with Gasteiger partial charge in [0.25, 0.3) is 5.91 Å². The van der Waals surface area contributed by atoms with E-state index < -0.39 is 0 Å². The monoisotopic (exact) mass is 264 g/mol. The molecule has 2 rings (SSSR count). The van der Waals surface area contributed by atoms with E-state index >= 15 is 0 Å². The molecule has 1 aliphatic rings. The molecule has 1 amide bonds. The fraction of sp³-hybridized carbons (Fsp3) is 0.500. The number of thiol groups is 1. The van der Waals surface area contributed by atoms with E-state index in [-0.39, 0.29) is 5.91 Å². The number of hydrogen-bond acceptors (Lipinski definition) is 3. The minimum atomic E-state index is 0.123. The Labute approximate surface area is 114 Å². The lowest BCUT2D eigenvalue weighted by atomic mass is 10.1. The van der Waals surface area contributed by atoms with Gasteiger partial charge in [0.15, 0.2) is 0 Å². The van der Waals surface area contributed by atoms with Crippen molar-refractivity contribution in [3.8, 4) is 0 Å². The van der Waals surface area contributed by atoms with Crippen molar-refractivity contribution in [1.29, 1.82) is 0 Å². The summed E-state index contributed by atoms with van der Waals surface area (Å²) in [5.41, 5.74) is 0.738. The molecule has 1 heterocycles. The van der Waals surface area contributed by atoms with Crippen molar-refractivity contribution in [1.82, 2.24) is 9.80 Å². The van der Waals surface area contributed by atoms with Crippen molar-refractivity contribution < 1.29 is 4.79 Å². The summed E-state index contributed by atoms with van der Waals surface area (Å²) in [5.74, 6) is 0.123. The molecule has 1 aromatic carbocycles. The minimum Gasteiger partial charge on any atom is -0.336 e. The zero-order chi connectivity index (χ0) is 13.1. The number of rotatable bonds is 2. The standard InChI is InChI=1S/C14H20N2OS/c1-3-12-10-16(8-7-15(12)2)14(17)11-5-4-6-13(18)9-11/h4-6,9,12,18H,3,7-8,10H2,1-2H3. The normalized spacial score (nSPS) is 21.1. The highest BCUT2D eigenvalue weighted by molar-refractivity contribution is 7.80. The highest BCUT2D eigenvalue weighted by atomic mass is 32.1. The first-order valence-corrected chi connectivity index (χ1v) is 6.85. The number of carbonyl (C=O) groups is 1. The third-order valence-corrected chi connectivity index (χ3v) is 3.91. The molecule has 1 unspecified atom stereocenters. The third-order valence-electron chi connectivity index (χ3n) is 3.63. The third kappa shape index (κ3) is 2.87. The maximum atomic E-state index is 12.4. The van der Waals surface area contributed by atoms with E-state index in [9.17, 15) is 4.79 Å². The van der Waals surface area contributed by atoms with Gasteiger partial charge in [0.2, 0.25) is 0 Å². The maximum absolute atomic E-state index is 12.4. The maximum Gasteiger partial charge on any atom is 0.253 e. The largest absolute Gasteiger partial charge is 0.336 e. The summed E-state index contributed by atoms with van der Waals surface area (Å²) in [6.07, 6.45) is 1.08. The number of piperazine rings is 1. The Balaban J connectivity index is 2.10. The van der Waals surface area contributed by atoms with Crippen LogP contribution in [0.1, 0.15) is 23.7 Å². The van der Waals surface area contributed by atoms with Crippen molar-refractivity contribution in [2.24, 2.45) is 0 Å². The number of nitrogens with zero attached hydrogens (tertiary/aromatic N) is 2. The van der Waals surface area contributed by atoms with Crippen LogP contribution >= 0.6 is 12.6 Å². The first-order chi connectivity index (χ1) is 8.61. The molecule has 0 N–H and O–H groups in total. The highest BCUT2D eigenvalue weighted by Crippen LogP contribution is 2.16. The Bertz CT molecular complexity index is 436. The van der Waals surface area contributed by atoms with Crippen LogP contribution in [-0.4, -0.2) is 48.4 Å². The van der Waals surface area contributed by atoms with Crippen LogP contribution < -0.4 is 0 Å². The predicted molar refractivity (Wildman–Crippen MR) is 76.3 cm³/mol. The lowest BCUT2D eigenvalue weighted by Crippen LogP contribution is -2.52. The van der Waals surface area contributed by atoms with Gasteiger partial charge in [-0.15, -0.1) is 12.6 Å². The van der Waals surface area contributed by atoms with Crippen LogP contribution in [0.25, 0.3) is 0 Å². The Morgan fingerprint density at radius 3 is 2.89 bits per heavy atom. The predicted octanol–water partition coefficient (Wildman–Crippen LogP) is 2.14. The summed E-state index contributed by atoms with van der Waals surface area (Å²) in [4.78, 5) is 17.5. The van der Waals surface area contributed by atoms with Crippen LogP contribution in [0.15, 0.2) is 29.2 Å². The number of benzene rings is 1. The SMILES string of the molecule is CCC1CN(C(=O)c2cccc(S)c2)CCN1C. The van der Waals surface area contributed by atoms with Gasteiger partial charge in [-0.25, -0.2) is 0 Å². The lowest BCUT2D eigenvalue weighted by Gasteiger charge is -2.39. The Morgan fingerprint density at radius 1 is 1.44 bits per heavy atom. The van der Waals surface area contributed by atoms with Gasteiger partial charge >= 0.3 is 0 Å². The van der Waals surface area contributed by atoms with Gasteiger partial charge in [0.1, 0.15) is 0 Å². The zero-order valence-electron chi connectivity index (χ0n) is 11.0. The summed E-state index contributed by atoms with van der Waals surface area (Å²) in [5, 5.41) is 0. The molecule has 0 spiro atoms. The fourth-order valence-electron chi connectivity index (χ4n) is 2.39. The van der Waals surface area contributed by atoms with Crippen LogP contribution in [0.5, 0.6) is 0 Å². The lowest BCUT2D eigenvalue weighted by molar-refractivity contribution is 0.0541. The molecule has 18 heavy (non-hydrogen) atoms. The second kappa shape index (κ2) is 5.76. The summed E-state index contributed by atoms with van der Waals surface area (Å²) >= 11 is 4.28. The second-order valence-corrected chi connectivity index (χ2v) is 5.36. The van der Waals surface area contributed by atoms with Crippen molar-refractivity contribution >= 4 is 18.5 Å². The van der Waals surface area contributed by atoms with Gasteiger partial charge < -0.3 is 4.90 Å². The van der Waals surface area contributed by atoms with E-state index in [4.69, 9.17) is 0 Å². The first-order valence-electron chi connectivity index (χ1n) is 6.40. The minimum absolute atomic E-state index is 0.123. The average Bonchev–Trinajstić information content (AvgIpc) is 2.38. The number of amides is 1. The summed E-state index contributed by atoms with van der Waals surface area (Å²) in [6.45, 7) is 4.75. The van der Waals surface area contributed by atoms with Gasteiger partial charge in [0.05, 0.1) is 0 Å². The molecule has 1 aromatic rings. The van der Waals surface area contributed by atoms with Gasteiger partial charge in [0, 0.05) is 36.1 Å². The topological polar surface area (TPSA) is 23.6 Å². The fourth-order valence-corrected chi connectivity index (χ4v) is 2.62. The van der Waals surface area contributed by atoms with Crippen LogP contribution in [0.2, 0.25) is 0 Å². The molecule has 0 aromatic heterocycles. The van der Waals surface area contributed by atoms with E-state index in [0.717, 1.165) is 36.5 Å². The quantitative estimate of drug-likeness (QED) is 0.827. The van der Waals surface area contributed by atoms with Gasteiger partial charge in [-0.05, 0) is 31.7 Å². The van der Waals surface area contributed by atoms with Crippen molar-refractivity contribution in [3.63, 3.8) is 0 Å². The van der Waals surface area contributed by atoms with Crippen molar-refractivity contribution in [3.05, 3.63) is 29.8 Å². The highest BCUT2D eigenvalue weighted by Gasteiger charge is 2.26. The van der Waals surface area contributed by atoms with Crippen LogP contribution in [0, 0.1) is 0 Å². The van der Waals surface area contributed by atoms with E-state index in [1.165, 1.54) is 0 Å². The molecule has 0 radical (unpaired) electrons. The molecular formula is C14H20N2OS. The Hall–Kier alpha value is -1.00. The van der Waals surface area contributed by atoms with Gasteiger partial charge in [-0.3, -0.25) is 9.69 Å². The molecule has 0 saturated carbocycles. The van der Waals surface area contributed by atoms with E-state index in [1.807, 2.05) is 29.2 Å². The molecule has 4 heteroatoms. The molecule has 1 aliphatic heterocycles. The zero-order valence-corrected chi connectivity index (χ0v) is 11.9. The van der Waals surface area contributed by atoms with Crippen LogP contribution in [-0.2, 0) is 0 Å². The average molecular weight is 264 g/mol. The molecule has 1 saturated heterocycles. The summed E-state index contributed by atoms with van der Waals surface area (Å²) in [6, 6.07) is 7.94. The van der Waals surface area contributed by atoms with Crippen LogP contribution in [0.4, 0.5) is 0 Å². The van der Waals surface area contributed by atoms with E-state index in [0.29, 0.717) is 6.04 Å². The molecule has 3 nitrogen and oxygen atoms in total. The molecule has 98 valence electrons. The number of likely N-dealkylation sites (N-methyl/N-ethyl adjacent to an activating group) is 1. The number of carbonyl (C=O) groups excluding carboxylic acids is 1. The van der Waals surface area contributed by atoms with Gasteiger partial charge in [-0.1, -0.05) is 13.0 Å². The molecular weight excluding hydrogens is 244 g/mol. The molecule has 1 fully saturated rings. The van der Waals surface area contributed by atoms with Crippen molar-refractivity contribution in [2.45, 2.75) is 24.3 Å². The first kappa shape index (κ1) is 13.4. The summed E-state index contributed by atoms with van der Waals surface area (Å²) in [7, 11) is 2.13. The smallest absolute Gasteiger partial charge is 0.253 e. The molecule has 1 atom stereocenters. The molecule has 0 aliphatic carbocycles. The molecule has 0 bridgehead atoms. The van der Waals surface area contributed by atoms with Crippen LogP contribution in [0.3, 0.4) is 0 Å².